The Balaban J connectivity index is 3.51. The van der Waals surface area contributed by atoms with Crippen LogP contribution in [0.5, 0.6) is 5.75 Å². The Bertz CT molecular complexity index is 478. The van der Waals surface area contributed by atoms with Gasteiger partial charge in [-0.2, -0.15) is 0 Å². The molecule has 3 nitrogen and oxygen atoms in total. The molecule has 0 aromatic heterocycles. The van der Waals surface area contributed by atoms with Crippen molar-refractivity contribution in [3.8, 4) is 5.75 Å². The van der Waals surface area contributed by atoms with Crippen LogP contribution in [-0.4, -0.2) is 18.2 Å². The normalized spacial score (nSPS) is 11.4. The molecule has 0 atom stereocenters. The fourth-order valence-electron chi connectivity index (χ4n) is 2.33. The van der Waals surface area contributed by atoms with Gasteiger partial charge in [0.05, 0.1) is 18.6 Å². The molecule has 0 unspecified atom stereocenters. The maximum Gasteiger partial charge on any atom is 0.304 e. The van der Waals surface area contributed by atoms with Gasteiger partial charge in [0.15, 0.2) is 0 Å². The van der Waals surface area contributed by atoms with Crippen molar-refractivity contribution in [2.24, 2.45) is 0 Å². The Morgan fingerprint density at radius 1 is 1.44 bits per heavy atom. The van der Waals surface area contributed by atoms with E-state index >= 15 is 0 Å². The second-order valence-corrected chi connectivity index (χ2v) is 5.57. The molecule has 0 spiro atoms. The highest BCUT2D eigenvalue weighted by atomic mass is 35.5. The predicted molar refractivity (Wildman–Crippen MR) is 72.8 cm³/mol. The lowest BCUT2D eigenvalue weighted by Gasteiger charge is -2.29. The average molecular weight is 271 g/mol. The number of carboxylic acids is 1. The van der Waals surface area contributed by atoms with Crippen LogP contribution in [0.3, 0.4) is 0 Å². The smallest absolute Gasteiger partial charge is 0.304 e. The summed E-state index contributed by atoms with van der Waals surface area (Å²) in [6, 6.07) is 1.84. The van der Waals surface area contributed by atoms with E-state index in [1.165, 1.54) is 0 Å². The van der Waals surface area contributed by atoms with Crippen molar-refractivity contribution < 1.29 is 14.6 Å². The molecule has 0 saturated heterocycles. The van der Waals surface area contributed by atoms with Crippen LogP contribution in [0.15, 0.2) is 6.07 Å². The average Bonchev–Trinajstić information content (AvgIpc) is 2.20. The van der Waals surface area contributed by atoms with Crippen molar-refractivity contribution in [1.82, 2.24) is 0 Å². The van der Waals surface area contributed by atoms with Crippen LogP contribution < -0.4 is 4.74 Å². The Morgan fingerprint density at radius 2 is 2.00 bits per heavy atom. The van der Waals surface area contributed by atoms with E-state index in [1.54, 1.807) is 7.11 Å². The number of hydrogen-bond acceptors (Lipinski definition) is 2. The first-order valence-corrected chi connectivity index (χ1v) is 6.14. The van der Waals surface area contributed by atoms with Crippen molar-refractivity contribution in [3.05, 3.63) is 27.8 Å². The van der Waals surface area contributed by atoms with Gasteiger partial charge in [-0.1, -0.05) is 25.4 Å². The zero-order valence-electron chi connectivity index (χ0n) is 11.4. The maximum absolute atomic E-state index is 11.0. The highest BCUT2D eigenvalue weighted by molar-refractivity contribution is 6.32. The second kappa shape index (κ2) is 5.19. The van der Waals surface area contributed by atoms with Gasteiger partial charge in [-0.25, -0.2) is 0 Å². The van der Waals surface area contributed by atoms with Crippen molar-refractivity contribution in [2.75, 3.05) is 7.11 Å². The van der Waals surface area contributed by atoms with Crippen LogP contribution in [0.4, 0.5) is 0 Å². The van der Waals surface area contributed by atoms with Gasteiger partial charge in [-0.3, -0.25) is 4.79 Å². The minimum atomic E-state index is -0.834. The van der Waals surface area contributed by atoms with Crippen LogP contribution in [0.25, 0.3) is 0 Å². The van der Waals surface area contributed by atoms with E-state index in [4.69, 9.17) is 21.4 Å². The summed E-state index contributed by atoms with van der Waals surface area (Å²) in [6.45, 7) is 7.71. The molecule has 100 valence electrons. The predicted octanol–water partition coefficient (Wildman–Crippen LogP) is 3.72. The number of aliphatic carboxylic acids is 1. The lowest BCUT2D eigenvalue weighted by molar-refractivity contribution is -0.138. The first-order valence-electron chi connectivity index (χ1n) is 5.76. The molecule has 0 saturated carbocycles. The number of hydrogen-bond donors (Lipinski definition) is 1. The van der Waals surface area contributed by atoms with Crippen molar-refractivity contribution >= 4 is 17.6 Å². The molecule has 18 heavy (non-hydrogen) atoms. The minimum absolute atomic E-state index is 0.0317. The zero-order valence-corrected chi connectivity index (χ0v) is 12.2. The summed E-state index contributed by atoms with van der Waals surface area (Å²) >= 11 is 6.18. The third-order valence-corrected chi connectivity index (χ3v) is 3.51. The van der Waals surface area contributed by atoms with Crippen molar-refractivity contribution in [3.63, 3.8) is 0 Å². The molecule has 0 fully saturated rings. The molecular formula is C14H19ClO3. The van der Waals surface area contributed by atoms with E-state index in [2.05, 4.69) is 0 Å². The molecule has 0 aliphatic rings. The third-order valence-electron chi connectivity index (χ3n) is 3.23. The highest BCUT2D eigenvalue weighted by Crippen LogP contribution is 2.42. The topological polar surface area (TPSA) is 46.5 Å². The molecule has 1 rings (SSSR count). The Hall–Kier alpha value is -1.22. The van der Waals surface area contributed by atoms with Gasteiger partial charge in [0.1, 0.15) is 5.75 Å². The van der Waals surface area contributed by atoms with Crippen molar-refractivity contribution in [2.45, 2.75) is 39.5 Å². The molecule has 0 aliphatic carbocycles. The van der Waals surface area contributed by atoms with E-state index in [0.29, 0.717) is 10.8 Å². The molecule has 1 N–H and O–H groups in total. The summed E-state index contributed by atoms with van der Waals surface area (Å²) in [5.41, 5.74) is 2.41. The van der Waals surface area contributed by atoms with E-state index < -0.39 is 11.4 Å². The molecule has 0 heterocycles. The Labute approximate surface area is 113 Å². The number of benzene rings is 1. The lowest BCUT2D eigenvalue weighted by atomic mass is 9.77. The molecule has 0 amide bonds. The van der Waals surface area contributed by atoms with Gasteiger partial charge in [-0.05, 0) is 31.0 Å². The summed E-state index contributed by atoms with van der Waals surface area (Å²) in [6.07, 6.45) is 0.0317. The van der Waals surface area contributed by atoms with E-state index in [-0.39, 0.29) is 6.42 Å². The first kappa shape index (κ1) is 14.8. The monoisotopic (exact) mass is 270 g/mol. The van der Waals surface area contributed by atoms with Gasteiger partial charge < -0.3 is 9.84 Å². The molecule has 1 aromatic rings. The van der Waals surface area contributed by atoms with Gasteiger partial charge >= 0.3 is 5.97 Å². The number of carbonyl (C=O) groups is 1. The Kier molecular flexibility index (Phi) is 4.28. The number of rotatable bonds is 4. The van der Waals surface area contributed by atoms with Crippen molar-refractivity contribution in [1.29, 1.82) is 0 Å². The summed E-state index contributed by atoms with van der Waals surface area (Å²) < 4.78 is 5.35. The molecule has 0 radical (unpaired) electrons. The lowest BCUT2D eigenvalue weighted by Crippen LogP contribution is -2.24. The SMILES string of the molecule is COc1c(Cl)cc(C)c(C)c1C(C)(C)CC(=O)O. The largest absolute Gasteiger partial charge is 0.495 e. The standard InChI is InChI=1S/C14H19ClO3/c1-8-6-10(15)13(18-5)12(9(8)2)14(3,4)7-11(16)17/h6H,7H2,1-5H3,(H,16,17). The number of ether oxygens (including phenoxy) is 1. The molecule has 4 heteroatoms. The molecule has 0 bridgehead atoms. The van der Waals surface area contributed by atoms with Gasteiger partial charge in [-0.15, -0.1) is 0 Å². The van der Waals surface area contributed by atoms with Crippen LogP contribution in [0.1, 0.15) is 37.0 Å². The number of halogens is 1. The summed E-state index contributed by atoms with van der Waals surface area (Å²) in [5, 5.41) is 9.55. The number of methoxy groups -OCH3 is 1. The summed E-state index contributed by atoms with van der Waals surface area (Å²) in [7, 11) is 1.55. The van der Waals surface area contributed by atoms with Crippen LogP contribution in [0, 0.1) is 13.8 Å². The van der Waals surface area contributed by atoms with Gasteiger partial charge in [0.2, 0.25) is 0 Å². The summed E-state index contributed by atoms with van der Waals surface area (Å²) in [4.78, 5) is 11.0. The Morgan fingerprint density at radius 3 is 2.44 bits per heavy atom. The minimum Gasteiger partial charge on any atom is -0.495 e. The van der Waals surface area contributed by atoms with Gasteiger partial charge in [0.25, 0.3) is 0 Å². The molecular weight excluding hydrogens is 252 g/mol. The van der Waals surface area contributed by atoms with Crippen LogP contribution >= 0.6 is 11.6 Å². The van der Waals surface area contributed by atoms with Crippen LogP contribution in [-0.2, 0) is 10.2 Å². The third kappa shape index (κ3) is 2.78. The maximum atomic E-state index is 11.0. The fraction of sp³-hybridized carbons (Fsp3) is 0.500. The molecule has 0 aliphatic heterocycles. The van der Waals surface area contributed by atoms with E-state index in [0.717, 1.165) is 16.7 Å². The van der Waals surface area contributed by atoms with Crippen LogP contribution in [0.2, 0.25) is 5.02 Å². The number of aryl methyl sites for hydroxylation is 1. The highest BCUT2D eigenvalue weighted by Gasteiger charge is 2.31. The quantitative estimate of drug-likeness (QED) is 0.907. The fourth-order valence-corrected chi connectivity index (χ4v) is 2.67. The summed E-state index contributed by atoms with van der Waals surface area (Å²) in [5.74, 6) is -0.259. The van der Waals surface area contributed by atoms with E-state index in [1.807, 2.05) is 33.8 Å². The van der Waals surface area contributed by atoms with Gasteiger partial charge in [0, 0.05) is 11.0 Å². The molecule has 1 aromatic carbocycles. The second-order valence-electron chi connectivity index (χ2n) is 5.16. The number of carboxylic acid groups (broad SMARTS) is 1. The zero-order chi connectivity index (χ0) is 14.1. The van der Waals surface area contributed by atoms with E-state index in [9.17, 15) is 4.79 Å². The first-order chi connectivity index (χ1) is 8.20.